The summed E-state index contributed by atoms with van der Waals surface area (Å²) >= 11 is 5.89. The van der Waals surface area contributed by atoms with Gasteiger partial charge < -0.3 is 25.0 Å². The van der Waals surface area contributed by atoms with Gasteiger partial charge in [-0.3, -0.25) is 0 Å². The molecule has 0 aliphatic heterocycles. The number of hydrogen-bond donors (Lipinski definition) is 3. The Morgan fingerprint density at radius 1 is 1.09 bits per heavy atom. The van der Waals surface area contributed by atoms with Crippen LogP contribution >= 0.6 is 11.6 Å². The standard InChI is InChI=1S/C26H25ClN2O6/c1-34-25(32)20-12-15(13-29-24(20)27)23(31)22(30)10-11-28-26(33)35-14-21-18-8-4-2-6-16(18)17-7-3-5-9-19(17)21/h2-9,12-13,21-23,30-31H,10-11,14H2,1H3,(H,28,33). The molecule has 1 aliphatic carbocycles. The molecule has 1 amide bonds. The molecule has 1 aliphatic rings. The van der Waals surface area contributed by atoms with Gasteiger partial charge in [0, 0.05) is 24.2 Å². The van der Waals surface area contributed by atoms with Crippen LogP contribution in [0.25, 0.3) is 11.1 Å². The van der Waals surface area contributed by atoms with Crippen LogP contribution in [0, 0.1) is 0 Å². The van der Waals surface area contributed by atoms with E-state index in [2.05, 4.69) is 27.2 Å². The van der Waals surface area contributed by atoms with Gasteiger partial charge in [-0.2, -0.15) is 0 Å². The minimum atomic E-state index is -1.34. The Morgan fingerprint density at radius 2 is 1.71 bits per heavy atom. The lowest BCUT2D eigenvalue weighted by atomic mass is 9.98. The first-order valence-corrected chi connectivity index (χ1v) is 11.5. The summed E-state index contributed by atoms with van der Waals surface area (Å²) in [6, 6.07) is 17.4. The van der Waals surface area contributed by atoms with Gasteiger partial charge in [0.15, 0.2) is 0 Å². The van der Waals surface area contributed by atoms with Crippen LogP contribution in [-0.2, 0) is 9.47 Å². The van der Waals surface area contributed by atoms with Crippen LogP contribution in [0.2, 0.25) is 5.15 Å². The average molecular weight is 497 g/mol. The Hall–Kier alpha value is -3.46. The second-order valence-corrected chi connectivity index (χ2v) is 8.51. The highest BCUT2D eigenvalue weighted by Gasteiger charge is 2.29. The monoisotopic (exact) mass is 496 g/mol. The van der Waals surface area contributed by atoms with Crippen molar-refractivity contribution in [1.29, 1.82) is 0 Å². The van der Waals surface area contributed by atoms with E-state index in [-0.39, 0.29) is 41.8 Å². The molecule has 0 radical (unpaired) electrons. The maximum Gasteiger partial charge on any atom is 0.407 e. The van der Waals surface area contributed by atoms with Crippen LogP contribution in [0.4, 0.5) is 4.79 Å². The van der Waals surface area contributed by atoms with E-state index in [0.717, 1.165) is 22.3 Å². The van der Waals surface area contributed by atoms with Gasteiger partial charge in [-0.15, -0.1) is 0 Å². The van der Waals surface area contributed by atoms with Crippen LogP contribution in [-0.4, -0.2) is 53.6 Å². The molecular weight excluding hydrogens is 472 g/mol. The number of alkyl carbamates (subject to hydrolysis) is 1. The number of aliphatic hydroxyl groups excluding tert-OH is 2. The number of carbonyl (C=O) groups excluding carboxylic acids is 2. The number of nitrogens with one attached hydrogen (secondary N) is 1. The third-order valence-corrected chi connectivity index (χ3v) is 6.33. The van der Waals surface area contributed by atoms with Crippen molar-refractivity contribution < 1.29 is 29.3 Å². The highest BCUT2D eigenvalue weighted by molar-refractivity contribution is 6.32. The summed E-state index contributed by atoms with van der Waals surface area (Å²) < 4.78 is 10.1. The fourth-order valence-electron chi connectivity index (χ4n) is 4.23. The third-order valence-electron chi connectivity index (χ3n) is 6.02. The molecule has 2 atom stereocenters. The fraction of sp³-hybridized carbons (Fsp3) is 0.269. The molecule has 2 unspecified atom stereocenters. The van der Waals surface area contributed by atoms with Crippen LogP contribution in [0.15, 0.2) is 60.8 Å². The van der Waals surface area contributed by atoms with E-state index < -0.39 is 24.3 Å². The van der Waals surface area contributed by atoms with Gasteiger partial charge in [-0.1, -0.05) is 60.1 Å². The van der Waals surface area contributed by atoms with E-state index in [9.17, 15) is 19.8 Å². The summed E-state index contributed by atoms with van der Waals surface area (Å²) in [5.74, 6) is -0.759. The summed E-state index contributed by atoms with van der Waals surface area (Å²) in [7, 11) is 1.20. The molecule has 0 fully saturated rings. The Kier molecular flexibility index (Phi) is 7.65. The fourth-order valence-corrected chi connectivity index (χ4v) is 4.41. The highest BCUT2D eigenvalue weighted by Crippen LogP contribution is 2.44. The number of amides is 1. The molecule has 182 valence electrons. The molecule has 1 heterocycles. The lowest BCUT2D eigenvalue weighted by molar-refractivity contribution is 0.0133. The first kappa shape index (κ1) is 24.7. The number of esters is 1. The molecule has 35 heavy (non-hydrogen) atoms. The van der Waals surface area contributed by atoms with Crippen molar-refractivity contribution in [3.05, 3.63) is 88.2 Å². The molecular formula is C26H25ClN2O6. The number of nitrogens with zero attached hydrogens (tertiary/aromatic N) is 1. The number of rotatable bonds is 8. The zero-order chi connectivity index (χ0) is 24.9. The molecule has 2 aromatic carbocycles. The molecule has 8 nitrogen and oxygen atoms in total. The zero-order valence-electron chi connectivity index (χ0n) is 19.0. The highest BCUT2D eigenvalue weighted by atomic mass is 35.5. The van der Waals surface area contributed by atoms with Gasteiger partial charge in [0.2, 0.25) is 0 Å². The number of benzene rings is 2. The molecule has 3 aromatic rings. The van der Waals surface area contributed by atoms with Crippen LogP contribution < -0.4 is 5.32 Å². The predicted octanol–water partition coefficient (Wildman–Crippen LogP) is 3.84. The molecule has 4 rings (SSSR count). The van der Waals surface area contributed by atoms with Crippen LogP contribution in [0.3, 0.4) is 0 Å². The summed E-state index contributed by atoms with van der Waals surface area (Å²) in [5.41, 5.74) is 4.69. The van der Waals surface area contributed by atoms with Gasteiger partial charge in [0.25, 0.3) is 0 Å². The number of ether oxygens (including phenoxy) is 2. The summed E-state index contributed by atoms with van der Waals surface area (Å²) in [6.45, 7) is 0.248. The van der Waals surface area contributed by atoms with Gasteiger partial charge in [0.1, 0.15) is 17.9 Å². The van der Waals surface area contributed by atoms with Crippen molar-refractivity contribution in [1.82, 2.24) is 10.3 Å². The minimum absolute atomic E-state index is 0.0188. The van der Waals surface area contributed by atoms with E-state index in [0.29, 0.717) is 0 Å². The number of aromatic nitrogens is 1. The maximum atomic E-state index is 12.3. The summed E-state index contributed by atoms with van der Waals surface area (Å²) in [6.07, 6.45) is -1.87. The summed E-state index contributed by atoms with van der Waals surface area (Å²) in [4.78, 5) is 27.9. The summed E-state index contributed by atoms with van der Waals surface area (Å²) in [5, 5.41) is 23.3. The Labute approximate surface area is 207 Å². The largest absolute Gasteiger partial charge is 0.465 e. The van der Waals surface area contributed by atoms with Gasteiger partial charge in [0.05, 0.1) is 18.8 Å². The molecule has 0 bridgehead atoms. The lowest BCUT2D eigenvalue weighted by Gasteiger charge is -2.19. The Balaban J connectivity index is 1.29. The smallest absolute Gasteiger partial charge is 0.407 e. The SMILES string of the molecule is COC(=O)c1cc(C(O)C(O)CCNC(=O)OCC2c3ccccc3-c3ccccc32)cnc1Cl. The van der Waals surface area contributed by atoms with Gasteiger partial charge >= 0.3 is 12.1 Å². The normalized spacial score (nSPS) is 13.9. The first-order valence-electron chi connectivity index (χ1n) is 11.1. The lowest BCUT2D eigenvalue weighted by Crippen LogP contribution is -2.30. The van der Waals surface area contributed by atoms with E-state index in [4.69, 9.17) is 16.3 Å². The van der Waals surface area contributed by atoms with E-state index in [1.165, 1.54) is 19.4 Å². The van der Waals surface area contributed by atoms with Gasteiger partial charge in [-0.05, 0) is 34.7 Å². The average Bonchev–Trinajstić information content (AvgIpc) is 3.20. The van der Waals surface area contributed by atoms with Crippen molar-refractivity contribution in [2.75, 3.05) is 20.3 Å². The Morgan fingerprint density at radius 3 is 2.34 bits per heavy atom. The second kappa shape index (κ2) is 10.9. The third kappa shape index (κ3) is 5.30. The topological polar surface area (TPSA) is 118 Å². The van der Waals surface area contributed by atoms with E-state index in [1.807, 2.05) is 36.4 Å². The molecule has 0 saturated heterocycles. The predicted molar refractivity (Wildman–Crippen MR) is 129 cm³/mol. The zero-order valence-corrected chi connectivity index (χ0v) is 19.7. The number of halogens is 1. The Bertz CT molecular complexity index is 1190. The molecule has 0 saturated carbocycles. The number of pyridine rings is 1. The maximum absolute atomic E-state index is 12.3. The van der Waals surface area contributed by atoms with Crippen molar-refractivity contribution in [2.24, 2.45) is 0 Å². The number of hydrogen-bond acceptors (Lipinski definition) is 7. The van der Waals surface area contributed by atoms with Gasteiger partial charge in [-0.25, -0.2) is 14.6 Å². The molecule has 1 aromatic heterocycles. The van der Waals surface area contributed by atoms with Crippen LogP contribution in [0.5, 0.6) is 0 Å². The number of methoxy groups -OCH3 is 1. The van der Waals surface area contributed by atoms with Crippen molar-refractivity contribution in [3.8, 4) is 11.1 Å². The van der Waals surface area contributed by atoms with E-state index in [1.54, 1.807) is 0 Å². The molecule has 0 spiro atoms. The minimum Gasteiger partial charge on any atom is -0.465 e. The van der Waals surface area contributed by atoms with Crippen LogP contribution in [0.1, 0.15) is 45.5 Å². The number of carbonyl (C=O) groups is 2. The first-order chi connectivity index (χ1) is 16.9. The molecule has 3 N–H and O–H groups in total. The molecule has 9 heteroatoms. The number of fused-ring (bicyclic) bond motifs is 3. The van der Waals surface area contributed by atoms with Crippen molar-refractivity contribution in [3.63, 3.8) is 0 Å². The van der Waals surface area contributed by atoms with E-state index >= 15 is 0 Å². The second-order valence-electron chi connectivity index (χ2n) is 8.15. The van der Waals surface area contributed by atoms with Crippen molar-refractivity contribution >= 4 is 23.7 Å². The number of aliphatic hydroxyl groups is 2. The quantitative estimate of drug-likeness (QED) is 0.320. The van der Waals surface area contributed by atoms with Crippen molar-refractivity contribution in [2.45, 2.75) is 24.5 Å².